The maximum absolute atomic E-state index is 15.1. The van der Waals surface area contributed by atoms with Crippen LogP contribution in [-0.2, 0) is 4.79 Å². The Labute approximate surface area is 211 Å². The number of fused-ring (bicyclic) bond motifs is 2. The van der Waals surface area contributed by atoms with Gasteiger partial charge in [-0.25, -0.2) is 14.4 Å². The highest BCUT2D eigenvalue weighted by molar-refractivity contribution is 5.97. The molecule has 0 unspecified atom stereocenters. The van der Waals surface area contributed by atoms with Crippen molar-refractivity contribution >= 4 is 39.3 Å². The fourth-order valence-electron chi connectivity index (χ4n) is 4.67. The van der Waals surface area contributed by atoms with Gasteiger partial charge in [0, 0.05) is 67.6 Å². The summed E-state index contributed by atoms with van der Waals surface area (Å²) in [4.78, 5) is 33.2. The van der Waals surface area contributed by atoms with Crippen LogP contribution in [0.5, 0.6) is 0 Å². The normalized spacial score (nSPS) is 14.5. The highest BCUT2D eigenvalue weighted by Gasteiger charge is 2.21. The van der Waals surface area contributed by atoms with E-state index in [0.717, 1.165) is 37.4 Å². The standard InChI is InChI=1S/C26H26FN9O/c1-3-22(37)30-16-10-15(13-28-14-16)17-11-18-20(12-19(17)27)33-34-23(18)26-31-24-21(4-5-29-25(24)32-26)36-8-6-35(2)7-9-36/h4-5,10-14H,3,6-9H2,1-2H3,(H,30,37)(H,33,34)(H,29,31,32). The van der Waals surface area contributed by atoms with Crippen molar-refractivity contribution in [2.75, 3.05) is 43.4 Å². The highest BCUT2D eigenvalue weighted by Crippen LogP contribution is 2.34. The molecule has 1 fully saturated rings. The van der Waals surface area contributed by atoms with Crippen molar-refractivity contribution in [3.63, 3.8) is 0 Å². The molecule has 1 amide bonds. The van der Waals surface area contributed by atoms with E-state index in [2.05, 4.69) is 47.3 Å². The average Bonchev–Trinajstić information content (AvgIpc) is 3.52. The minimum Gasteiger partial charge on any atom is -0.367 e. The number of H-pyrrole nitrogens is 2. The lowest BCUT2D eigenvalue weighted by atomic mass is 10.0. The first-order valence-electron chi connectivity index (χ1n) is 12.2. The first-order chi connectivity index (χ1) is 18.0. The van der Waals surface area contributed by atoms with Gasteiger partial charge in [-0.3, -0.25) is 14.9 Å². The molecule has 188 valence electrons. The fourth-order valence-corrected chi connectivity index (χ4v) is 4.67. The number of pyridine rings is 2. The lowest BCUT2D eigenvalue weighted by Gasteiger charge is -2.34. The molecule has 0 atom stereocenters. The molecule has 3 N–H and O–H groups in total. The van der Waals surface area contributed by atoms with E-state index in [1.54, 1.807) is 31.5 Å². The maximum Gasteiger partial charge on any atom is 0.224 e. The van der Waals surface area contributed by atoms with Crippen LogP contribution in [0.3, 0.4) is 0 Å². The molecular weight excluding hydrogens is 473 g/mol. The molecule has 1 aromatic carbocycles. The monoisotopic (exact) mass is 499 g/mol. The molecule has 1 aliphatic rings. The van der Waals surface area contributed by atoms with Crippen molar-refractivity contribution in [2.24, 2.45) is 0 Å². The van der Waals surface area contributed by atoms with Crippen LogP contribution in [0.1, 0.15) is 13.3 Å². The Morgan fingerprint density at radius 1 is 1.16 bits per heavy atom. The summed E-state index contributed by atoms with van der Waals surface area (Å²) in [6.07, 6.45) is 5.22. The Morgan fingerprint density at radius 2 is 2.00 bits per heavy atom. The summed E-state index contributed by atoms with van der Waals surface area (Å²) in [5.41, 5.74) is 5.04. The van der Waals surface area contributed by atoms with Gasteiger partial charge in [-0.2, -0.15) is 5.10 Å². The number of carbonyl (C=O) groups is 1. The van der Waals surface area contributed by atoms with E-state index in [1.807, 2.05) is 6.07 Å². The van der Waals surface area contributed by atoms with Crippen molar-refractivity contribution in [3.05, 3.63) is 48.7 Å². The summed E-state index contributed by atoms with van der Waals surface area (Å²) in [7, 11) is 2.13. The molecule has 5 aromatic rings. The van der Waals surface area contributed by atoms with Crippen molar-refractivity contribution in [3.8, 4) is 22.6 Å². The predicted octanol–water partition coefficient (Wildman–Crippen LogP) is 3.80. The van der Waals surface area contributed by atoms with E-state index in [0.29, 0.717) is 51.3 Å². The third kappa shape index (κ3) is 4.27. The molecular formula is C26H26FN9O. The largest absolute Gasteiger partial charge is 0.367 e. The lowest BCUT2D eigenvalue weighted by Crippen LogP contribution is -2.44. The van der Waals surface area contributed by atoms with Crippen LogP contribution in [-0.4, -0.2) is 74.2 Å². The number of likely N-dealkylation sites (N-methyl/N-ethyl adjacent to an activating group) is 1. The number of anilines is 2. The number of nitrogens with zero attached hydrogens (tertiary/aromatic N) is 6. The maximum atomic E-state index is 15.1. The smallest absolute Gasteiger partial charge is 0.224 e. The van der Waals surface area contributed by atoms with Gasteiger partial charge >= 0.3 is 0 Å². The molecule has 5 heterocycles. The minimum absolute atomic E-state index is 0.138. The molecule has 10 nitrogen and oxygen atoms in total. The van der Waals surface area contributed by atoms with Crippen LogP contribution in [0.4, 0.5) is 15.8 Å². The van der Waals surface area contributed by atoms with Crippen LogP contribution < -0.4 is 10.2 Å². The molecule has 0 saturated carbocycles. The molecule has 1 aliphatic heterocycles. The van der Waals surface area contributed by atoms with Crippen LogP contribution in [0.15, 0.2) is 42.9 Å². The minimum atomic E-state index is -0.424. The Bertz CT molecular complexity index is 1620. The van der Waals surface area contributed by atoms with Crippen molar-refractivity contribution in [1.82, 2.24) is 35.0 Å². The first kappa shape index (κ1) is 23.0. The number of halogens is 1. The average molecular weight is 500 g/mol. The second kappa shape index (κ2) is 9.25. The second-order valence-electron chi connectivity index (χ2n) is 9.22. The van der Waals surface area contributed by atoms with E-state index < -0.39 is 5.82 Å². The number of benzene rings is 1. The van der Waals surface area contributed by atoms with Gasteiger partial charge in [-0.15, -0.1) is 0 Å². The van der Waals surface area contributed by atoms with E-state index in [-0.39, 0.29) is 5.91 Å². The summed E-state index contributed by atoms with van der Waals surface area (Å²) < 4.78 is 15.1. The third-order valence-electron chi connectivity index (χ3n) is 6.74. The van der Waals surface area contributed by atoms with E-state index >= 15 is 4.39 Å². The van der Waals surface area contributed by atoms with Crippen LogP contribution in [0.2, 0.25) is 0 Å². The van der Waals surface area contributed by atoms with Crippen LogP contribution in [0, 0.1) is 5.82 Å². The Hall–Kier alpha value is -4.38. The van der Waals surface area contributed by atoms with Gasteiger partial charge in [0.05, 0.1) is 23.1 Å². The number of hydrogen-bond donors (Lipinski definition) is 3. The summed E-state index contributed by atoms with van der Waals surface area (Å²) >= 11 is 0. The Morgan fingerprint density at radius 3 is 2.81 bits per heavy atom. The molecule has 0 radical (unpaired) electrons. The zero-order valence-electron chi connectivity index (χ0n) is 20.5. The number of carbonyl (C=O) groups excluding carboxylic acids is 1. The number of imidazole rings is 1. The molecule has 11 heteroatoms. The van der Waals surface area contributed by atoms with Gasteiger partial charge in [0.15, 0.2) is 11.5 Å². The molecule has 37 heavy (non-hydrogen) atoms. The van der Waals surface area contributed by atoms with Gasteiger partial charge in [-0.05, 0) is 25.2 Å². The number of nitrogens with one attached hydrogen (secondary N) is 3. The highest BCUT2D eigenvalue weighted by atomic mass is 19.1. The Balaban J connectivity index is 1.41. The summed E-state index contributed by atoms with van der Waals surface area (Å²) in [5.74, 6) is -0.0107. The first-order valence-corrected chi connectivity index (χ1v) is 12.2. The number of hydrogen-bond acceptors (Lipinski definition) is 7. The molecule has 1 saturated heterocycles. The summed E-state index contributed by atoms with van der Waals surface area (Å²) in [5, 5.41) is 10.8. The number of aromatic amines is 2. The second-order valence-corrected chi connectivity index (χ2v) is 9.22. The van der Waals surface area contributed by atoms with Crippen molar-refractivity contribution < 1.29 is 9.18 Å². The zero-order chi connectivity index (χ0) is 25.5. The van der Waals surface area contributed by atoms with Crippen LogP contribution >= 0.6 is 0 Å². The quantitative estimate of drug-likeness (QED) is 0.337. The molecule has 0 aliphatic carbocycles. The van der Waals surface area contributed by atoms with Gasteiger partial charge in [0.2, 0.25) is 5.91 Å². The summed E-state index contributed by atoms with van der Waals surface area (Å²) in [6, 6.07) is 6.85. The van der Waals surface area contributed by atoms with E-state index in [9.17, 15) is 4.79 Å². The molecule has 4 aromatic heterocycles. The lowest BCUT2D eigenvalue weighted by molar-refractivity contribution is -0.115. The fraction of sp³-hybridized carbons (Fsp3) is 0.269. The van der Waals surface area contributed by atoms with E-state index in [1.165, 1.54) is 12.3 Å². The zero-order valence-corrected chi connectivity index (χ0v) is 20.5. The number of piperazine rings is 1. The van der Waals surface area contributed by atoms with Gasteiger partial charge < -0.3 is 20.1 Å². The molecule has 6 rings (SSSR count). The van der Waals surface area contributed by atoms with Crippen molar-refractivity contribution in [2.45, 2.75) is 13.3 Å². The Kier molecular flexibility index (Phi) is 5.76. The van der Waals surface area contributed by atoms with Crippen LogP contribution in [0.25, 0.3) is 44.7 Å². The SMILES string of the molecule is CCC(=O)Nc1cncc(-c2cc3c(-c4nc5nccc(N6CCN(C)CC6)c5[nH]4)n[nH]c3cc2F)c1. The van der Waals surface area contributed by atoms with Gasteiger partial charge in [0.25, 0.3) is 0 Å². The van der Waals surface area contributed by atoms with Gasteiger partial charge in [-0.1, -0.05) is 6.92 Å². The van der Waals surface area contributed by atoms with Crippen molar-refractivity contribution in [1.29, 1.82) is 0 Å². The summed E-state index contributed by atoms with van der Waals surface area (Å²) in [6.45, 7) is 5.58. The third-order valence-corrected chi connectivity index (χ3v) is 6.74. The molecule has 0 bridgehead atoms. The number of amides is 1. The predicted molar refractivity (Wildman–Crippen MR) is 141 cm³/mol. The number of rotatable bonds is 5. The van der Waals surface area contributed by atoms with Gasteiger partial charge in [0.1, 0.15) is 17.0 Å². The molecule has 0 spiro atoms. The topological polar surface area (TPSA) is 119 Å². The van der Waals surface area contributed by atoms with E-state index in [4.69, 9.17) is 4.98 Å². The number of aromatic nitrogens is 6.